The van der Waals surface area contributed by atoms with Gasteiger partial charge in [-0.3, -0.25) is 9.59 Å². The number of hydrogen-bond acceptors (Lipinski definition) is 4. The van der Waals surface area contributed by atoms with Gasteiger partial charge in [-0.15, -0.1) is 0 Å². The molecule has 120 valence electrons. The molecule has 1 aromatic heterocycles. The standard InChI is InChI=1S/C16H22N2O4/c19-15-6-5-12(9-17-15)16(20)18(10-13-3-1-7-21-13)11-14-4-2-8-22-14/h5-6,9,13-14H,1-4,7-8,10-11H2,(H,17,19). The normalized spacial score (nSPS) is 24.5. The number of nitrogens with one attached hydrogen (secondary N) is 1. The maximum atomic E-state index is 12.7. The Morgan fingerprint density at radius 1 is 1.14 bits per heavy atom. The number of rotatable bonds is 5. The minimum absolute atomic E-state index is 0.0812. The van der Waals surface area contributed by atoms with Crippen LogP contribution in [0, 0.1) is 0 Å². The molecular formula is C16H22N2O4. The molecule has 0 radical (unpaired) electrons. The first kappa shape index (κ1) is 15.2. The van der Waals surface area contributed by atoms with Gasteiger partial charge in [0.2, 0.25) is 5.56 Å². The second-order valence-corrected chi connectivity index (χ2v) is 5.92. The van der Waals surface area contributed by atoms with E-state index in [9.17, 15) is 9.59 Å². The Hall–Kier alpha value is -1.66. The van der Waals surface area contributed by atoms with E-state index in [0.717, 1.165) is 38.9 Å². The first-order chi connectivity index (χ1) is 10.7. The maximum Gasteiger partial charge on any atom is 0.255 e. The lowest BCUT2D eigenvalue weighted by molar-refractivity contribution is 0.0307. The Labute approximate surface area is 129 Å². The number of H-pyrrole nitrogens is 1. The molecule has 0 bridgehead atoms. The van der Waals surface area contributed by atoms with Gasteiger partial charge in [0.1, 0.15) is 0 Å². The SMILES string of the molecule is O=C(c1ccc(=O)[nH]c1)N(CC1CCCO1)CC1CCCO1. The minimum atomic E-state index is -0.207. The van der Waals surface area contributed by atoms with Crippen molar-refractivity contribution in [2.75, 3.05) is 26.3 Å². The number of carbonyl (C=O) groups is 1. The van der Waals surface area contributed by atoms with Crippen LogP contribution in [0.1, 0.15) is 36.0 Å². The lowest BCUT2D eigenvalue weighted by atomic mass is 10.1. The van der Waals surface area contributed by atoms with E-state index in [0.29, 0.717) is 18.7 Å². The van der Waals surface area contributed by atoms with E-state index in [4.69, 9.17) is 9.47 Å². The van der Waals surface area contributed by atoms with Crippen molar-refractivity contribution in [3.63, 3.8) is 0 Å². The van der Waals surface area contributed by atoms with E-state index in [1.54, 1.807) is 11.0 Å². The number of hydrogen-bond donors (Lipinski definition) is 1. The topological polar surface area (TPSA) is 71.6 Å². The third-order valence-electron chi connectivity index (χ3n) is 4.21. The number of aromatic amines is 1. The van der Waals surface area contributed by atoms with Crippen LogP contribution in [0.15, 0.2) is 23.1 Å². The van der Waals surface area contributed by atoms with Gasteiger partial charge >= 0.3 is 0 Å². The van der Waals surface area contributed by atoms with Crippen molar-refractivity contribution in [1.29, 1.82) is 0 Å². The zero-order chi connectivity index (χ0) is 15.4. The highest BCUT2D eigenvalue weighted by atomic mass is 16.5. The third-order valence-corrected chi connectivity index (χ3v) is 4.21. The predicted molar refractivity (Wildman–Crippen MR) is 80.9 cm³/mol. The molecule has 3 rings (SSSR count). The van der Waals surface area contributed by atoms with Gasteiger partial charge < -0.3 is 19.4 Å². The Bertz CT molecular complexity index is 521. The molecule has 6 heteroatoms. The van der Waals surface area contributed by atoms with Crippen molar-refractivity contribution in [1.82, 2.24) is 9.88 Å². The molecular weight excluding hydrogens is 284 g/mol. The fourth-order valence-electron chi connectivity index (χ4n) is 3.03. The van der Waals surface area contributed by atoms with Crippen LogP contribution in [-0.4, -0.2) is 54.3 Å². The van der Waals surface area contributed by atoms with Crippen molar-refractivity contribution >= 4 is 5.91 Å². The van der Waals surface area contributed by atoms with Crippen LogP contribution < -0.4 is 5.56 Å². The number of aromatic nitrogens is 1. The molecule has 0 saturated carbocycles. The largest absolute Gasteiger partial charge is 0.376 e. The van der Waals surface area contributed by atoms with Gasteiger partial charge in [-0.1, -0.05) is 0 Å². The highest BCUT2D eigenvalue weighted by molar-refractivity contribution is 5.93. The van der Waals surface area contributed by atoms with Crippen molar-refractivity contribution in [2.24, 2.45) is 0 Å². The predicted octanol–water partition coefficient (Wildman–Crippen LogP) is 1.18. The van der Waals surface area contributed by atoms with E-state index in [1.165, 1.54) is 12.3 Å². The van der Waals surface area contributed by atoms with Gasteiger partial charge in [0.25, 0.3) is 5.91 Å². The molecule has 2 atom stereocenters. The molecule has 2 fully saturated rings. The number of nitrogens with zero attached hydrogens (tertiary/aromatic N) is 1. The molecule has 1 amide bonds. The number of ether oxygens (including phenoxy) is 2. The van der Waals surface area contributed by atoms with Gasteiger partial charge in [0.05, 0.1) is 17.8 Å². The average molecular weight is 306 g/mol. The highest BCUT2D eigenvalue weighted by Gasteiger charge is 2.27. The molecule has 3 heterocycles. The van der Waals surface area contributed by atoms with Crippen LogP contribution in [0.4, 0.5) is 0 Å². The average Bonchev–Trinajstić information content (AvgIpc) is 3.20. The summed E-state index contributed by atoms with van der Waals surface area (Å²) in [6.07, 6.45) is 5.75. The zero-order valence-electron chi connectivity index (χ0n) is 12.6. The number of pyridine rings is 1. The minimum Gasteiger partial charge on any atom is -0.376 e. The smallest absolute Gasteiger partial charge is 0.255 e. The molecule has 6 nitrogen and oxygen atoms in total. The van der Waals surface area contributed by atoms with E-state index in [1.807, 2.05) is 0 Å². The monoisotopic (exact) mass is 306 g/mol. The first-order valence-corrected chi connectivity index (χ1v) is 7.93. The summed E-state index contributed by atoms with van der Waals surface area (Å²) in [5.41, 5.74) is 0.289. The van der Waals surface area contributed by atoms with Crippen LogP contribution in [-0.2, 0) is 9.47 Å². The molecule has 0 spiro atoms. The van der Waals surface area contributed by atoms with Crippen LogP contribution >= 0.6 is 0 Å². The Morgan fingerprint density at radius 3 is 2.23 bits per heavy atom. The van der Waals surface area contributed by atoms with Gasteiger partial charge in [0, 0.05) is 38.6 Å². The molecule has 0 aliphatic carbocycles. The second-order valence-electron chi connectivity index (χ2n) is 5.92. The summed E-state index contributed by atoms with van der Waals surface area (Å²) in [5.74, 6) is -0.0812. The van der Waals surface area contributed by atoms with Gasteiger partial charge in [-0.05, 0) is 31.7 Å². The molecule has 22 heavy (non-hydrogen) atoms. The maximum absolute atomic E-state index is 12.7. The lowest BCUT2D eigenvalue weighted by Gasteiger charge is -2.27. The Kier molecular flexibility index (Phi) is 4.90. The summed E-state index contributed by atoms with van der Waals surface area (Å²) in [6, 6.07) is 2.95. The summed E-state index contributed by atoms with van der Waals surface area (Å²) < 4.78 is 11.3. The van der Waals surface area contributed by atoms with Crippen LogP contribution in [0.5, 0.6) is 0 Å². The summed E-state index contributed by atoms with van der Waals surface area (Å²) in [5, 5.41) is 0. The van der Waals surface area contributed by atoms with E-state index in [2.05, 4.69) is 4.98 Å². The molecule has 0 aromatic carbocycles. The third kappa shape index (κ3) is 3.75. The molecule has 2 aliphatic rings. The fraction of sp³-hybridized carbons (Fsp3) is 0.625. The fourth-order valence-corrected chi connectivity index (χ4v) is 3.03. The Morgan fingerprint density at radius 2 is 1.77 bits per heavy atom. The first-order valence-electron chi connectivity index (χ1n) is 7.93. The van der Waals surface area contributed by atoms with Crippen LogP contribution in [0.3, 0.4) is 0 Å². The molecule has 2 unspecified atom stereocenters. The van der Waals surface area contributed by atoms with Crippen LogP contribution in [0.2, 0.25) is 0 Å². The lowest BCUT2D eigenvalue weighted by Crippen LogP contribution is -2.42. The summed E-state index contributed by atoms with van der Waals surface area (Å²) >= 11 is 0. The molecule has 2 aliphatic heterocycles. The molecule has 1 aromatic rings. The van der Waals surface area contributed by atoms with E-state index >= 15 is 0 Å². The summed E-state index contributed by atoms with van der Waals surface area (Å²) in [7, 11) is 0. The van der Waals surface area contributed by atoms with Crippen molar-refractivity contribution in [3.05, 3.63) is 34.2 Å². The Balaban J connectivity index is 1.71. The number of amides is 1. The van der Waals surface area contributed by atoms with Crippen molar-refractivity contribution in [3.8, 4) is 0 Å². The van der Waals surface area contributed by atoms with Crippen molar-refractivity contribution in [2.45, 2.75) is 37.9 Å². The second kappa shape index (κ2) is 7.07. The highest BCUT2D eigenvalue weighted by Crippen LogP contribution is 2.18. The van der Waals surface area contributed by atoms with Crippen LogP contribution in [0.25, 0.3) is 0 Å². The molecule has 2 saturated heterocycles. The van der Waals surface area contributed by atoms with Gasteiger partial charge in [-0.2, -0.15) is 0 Å². The molecule has 1 N–H and O–H groups in total. The quantitative estimate of drug-likeness (QED) is 0.886. The summed E-state index contributed by atoms with van der Waals surface area (Å²) in [6.45, 7) is 2.70. The van der Waals surface area contributed by atoms with Crippen molar-refractivity contribution < 1.29 is 14.3 Å². The number of carbonyl (C=O) groups excluding carboxylic acids is 1. The van der Waals surface area contributed by atoms with Gasteiger partial charge in [-0.25, -0.2) is 0 Å². The summed E-state index contributed by atoms with van der Waals surface area (Å²) in [4.78, 5) is 28.2. The van der Waals surface area contributed by atoms with E-state index < -0.39 is 0 Å². The zero-order valence-corrected chi connectivity index (χ0v) is 12.6. The van der Waals surface area contributed by atoms with E-state index in [-0.39, 0.29) is 23.7 Å². The van der Waals surface area contributed by atoms with Gasteiger partial charge in [0.15, 0.2) is 0 Å².